The molecule has 0 radical (unpaired) electrons. The number of imide groups is 2. The molecular formula is C24H14N4O4. The Morgan fingerprint density at radius 2 is 0.906 bits per heavy atom. The van der Waals surface area contributed by atoms with Crippen LogP contribution in [0.4, 0.5) is 11.4 Å². The van der Waals surface area contributed by atoms with Gasteiger partial charge >= 0.3 is 0 Å². The van der Waals surface area contributed by atoms with E-state index in [9.17, 15) is 19.2 Å². The van der Waals surface area contributed by atoms with Gasteiger partial charge in [-0.3, -0.25) is 29.1 Å². The fourth-order valence-corrected chi connectivity index (χ4v) is 4.66. The van der Waals surface area contributed by atoms with Crippen molar-refractivity contribution in [1.82, 2.24) is 9.97 Å². The molecule has 0 saturated heterocycles. The van der Waals surface area contributed by atoms with Crippen LogP contribution in [0.2, 0.25) is 0 Å². The van der Waals surface area contributed by atoms with E-state index in [1.807, 2.05) is 0 Å². The van der Waals surface area contributed by atoms with Gasteiger partial charge in [0.1, 0.15) is 0 Å². The first-order valence-corrected chi connectivity index (χ1v) is 10.0. The van der Waals surface area contributed by atoms with E-state index in [1.165, 1.54) is 24.8 Å². The molecule has 0 fully saturated rings. The van der Waals surface area contributed by atoms with E-state index in [2.05, 4.69) is 9.97 Å². The summed E-state index contributed by atoms with van der Waals surface area (Å²) < 4.78 is 0. The molecule has 6 rings (SSSR count). The quantitative estimate of drug-likeness (QED) is 0.570. The predicted octanol–water partition coefficient (Wildman–Crippen LogP) is 0.946. The van der Waals surface area contributed by atoms with E-state index in [4.69, 9.17) is 0 Å². The maximum atomic E-state index is 13.3. The summed E-state index contributed by atoms with van der Waals surface area (Å²) in [6, 6.07) is 9.52. The minimum atomic E-state index is -0.486. The van der Waals surface area contributed by atoms with Crippen LogP contribution in [0.1, 0.15) is 33.6 Å². The number of rotatable bonds is 2. The Balaban J connectivity index is 1.62. The monoisotopic (exact) mass is 422 g/mol. The number of anilines is 2. The molecule has 0 bridgehead atoms. The Kier molecular flexibility index (Phi) is 3.73. The van der Waals surface area contributed by atoms with Crippen molar-refractivity contribution < 1.29 is 19.2 Å². The number of aromatic nitrogens is 2. The molecule has 8 heteroatoms. The second-order valence-electron chi connectivity index (χ2n) is 7.67. The Labute approximate surface area is 181 Å². The number of carbonyl (C=O) groups excluding carboxylic acids is 4. The van der Waals surface area contributed by atoms with Crippen molar-refractivity contribution >= 4 is 46.1 Å². The lowest BCUT2D eigenvalue weighted by Crippen LogP contribution is -2.57. The zero-order chi connectivity index (χ0) is 22.0. The topological polar surface area (TPSA) is 101 Å². The van der Waals surface area contributed by atoms with Crippen molar-refractivity contribution in [3.63, 3.8) is 0 Å². The van der Waals surface area contributed by atoms with Crippen LogP contribution >= 0.6 is 0 Å². The average molecular weight is 422 g/mol. The Bertz CT molecular complexity index is 1380. The van der Waals surface area contributed by atoms with Gasteiger partial charge in [-0.25, -0.2) is 9.80 Å². The first kappa shape index (κ1) is 18.3. The van der Waals surface area contributed by atoms with Gasteiger partial charge in [-0.2, -0.15) is 0 Å². The lowest BCUT2D eigenvalue weighted by atomic mass is 9.83. The first-order chi connectivity index (χ1) is 15.6. The minimum Gasteiger partial charge on any atom is -0.269 e. The Hall–Kier alpha value is -4.46. The number of nitrogens with zero attached hydrogens (tertiary/aromatic N) is 4. The van der Waals surface area contributed by atoms with Gasteiger partial charge < -0.3 is 0 Å². The maximum absolute atomic E-state index is 13.3. The molecule has 0 spiro atoms. The van der Waals surface area contributed by atoms with E-state index in [-0.39, 0.29) is 0 Å². The highest BCUT2D eigenvalue weighted by Gasteiger charge is 2.41. The van der Waals surface area contributed by atoms with Gasteiger partial charge in [0.2, 0.25) is 0 Å². The van der Waals surface area contributed by atoms with Gasteiger partial charge in [-0.15, -0.1) is 0 Å². The number of pyridine rings is 2. The summed E-state index contributed by atoms with van der Waals surface area (Å²) in [5, 5.41) is 0.834. The average Bonchev–Trinajstić information content (AvgIpc) is 2.83. The van der Waals surface area contributed by atoms with Crippen LogP contribution in [-0.2, 0) is 9.59 Å². The van der Waals surface area contributed by atoms with Crippen LogP contribution in [0, 0.1) is 0 Å². The normalized spacial score (nSPS) is 17.1. The summed E-state index contributed by atoms with van der Waals surface area (Å²) in [7, 11) is 0. The predicted molar refractivity (Wildman–Crippen MR) is 114 cm³/mol. The van der Waals surface area contributed by atoms with Crippen molar-refractivity contribution in [1.29, 1.82) is 0 Å². The van der Waals surface area contributed by atoms with E-state index in [0.717, 1.165) is 9.80 Å². The second-order valence-corrected chi connectivity index (χ2v) is 7.67. The van der Waals surface area contributed by atoms with Crippen molar-refractivity contribution in [3.05, 3.63) is 82.7 Å². The van der Waals surface area contributed by atoms with Crippen LogP contribution < -0.4 is 20.2 Å². The molecule has 154 valence electrons. The summed E-state index contributed by atoms with van der Waals surface area (Å²) in [4.78, 5) is 63.5. The molecule has 4 amide bonds. The lowest BCUT2D eigenvalue weighted by molar-refractivity contribution is -0.114. The van der Waals surface area contributed by atoms with Gasteiger partial charge in [0.05, 0.1) is 11.4 Å². The molecule has 1 aliphatic carbocycles. The first-order valence-electron chi connectivity index (χ1n) is 10.0. The van der Waals surface area contributed by atoms with E-state index >= 15 is 0 Å². The zero-order valence-corrected chi connectivity index (χ0v) is 16.6. The number of carbonyl (C=O) groups is 4. The van der Waals surface area contributed by atoms with Crippen LogP contribution in [0.15, 0.2) is 61.2 Å². The molecule has 3 aromatic rings. The molecule has 0 N–H and O–H groups in total. The molecule has 8 nitrogen and oxygen atoms in total. The summed E-state index contributed by atoms with van der Waals surface area (Å²) in [6.45, 7) is 0. The Morgan fingerprint density at radius 3 is 1.28 bits per heavy atom. The van der Waals surface area contributed by atoms with Crippen LogP contribution in [0.5, 0.6) is 0 Å². The van der Waals surface area contributed by atoms with Crippen LogP contribution in [-0.4, -0.2) is 33.6 Å². The van der Waals surface area contributed by atoms with Gasteiger partial charge in [-0.05, 0) is 49.2 Å². The highest BCUT2D eigenvalue weighted by Crippen LogP contribution is 2.30. The molecular weight excluding hydrogens is 408 g/mol. The summed E-state index contributed by atoms with van der Waals surface area (Å²) in [5.41, 5.74) is 2.36. The van der Waals surface area contributed by atoms with Crippen LogP contribution in [0.3, 0.4) is 0 Å². The van der Waals surface area contributed by atoms with E-state index in [1.54, 1.807) is 36.4 Å². The van der Waals surface area contributed by atoms with Gasteiger partial charge in [0, 0.05) is 57.5 Å². The summed E-state index contributed by atoms with van der Waals surface area (Å²) >= 11 is 0. The van der Waals surface area contributed by atoms with Crippen molar-refractivity contribution in [2.45, 2.75) is 12.8 Å². The molecule has 0 unspecified atom stereocenters. The van der Waals surface area contributed by atoms with Crippen molar-refractivity contribution in [2.75, 3.05) is 9.80 Å². The standard InChI is InChI=1S/C24H14N4O4/c29-21-15-1-2-16-20-18(24(32)28(22(16)30)14-7-11-26-12-8-14)4-3-17(19(15)20)23(31)27(21)13-5-9-25-10-6-13/h1-2,5-12H,3-4H2. The SMILES string of the molecule is O=C1C2=c3c(ccc4c3=C(CC2)C(=O)N(c2ccncc2)C4=O)C(=O)N1c1ccncc1. The smallest absolute Gasteiger partial charge is 0.265 e. The number of hydrogen-bond donors (Lipinski definition) is 0. The molecule has 4 heterocycles. The summed E-state index contributed by atoms with van der Waals surface area (Å²) in [5.74, 6) is -1.84. The molecule has 3 aliphatic rings. The van der Waals surface area contributed by atoms with Gasteiger partial charge in [-0.1, -0.05) is 0 Å². The maximum Gasteiger partial charge on any atom is 0.265 e. The summed E-state index contributed by atoms with van der Waals surface area (Å²) in [6.07, 6.45) is 6.66. The van der Waals surface area contributed by atoms with Gasteiger partial charge in [0.25, 0.3) is 23.6 Å². The highest BCUT2D eigenvalue weighted by molar-refractivity contribution is 6.40. The van der Waals surface area contributed by atoms with Crippen LogP contribution in [0.25, 0.3) is 11.1 Å². The minimum absolute atomic E-state index is 0.302. The molecule has 1 aromatic carbocycles. The van der Waals surface area contributed by atoms with Crippen molar-refractivity contribution in [3.8, 4) is 0 Å². The van der Waals surface area contributed by atoms with Crippen molar-refractivity contribution in [2.24, 2.45) is 0 Å². The van der Waals surface area contributed by atoms with Gasteiger partial charge in [0.15, 0.2) is 0 Å². The molecule has 2 aliphatic heterocycles. The van der Waals surface area contributed by atoms with E-state index in [0.29, 0.717) is 56.9 Å². The number of benzene rings is 1. The third kappa shape index (κ3) is 2.31. The second kappa shape index (κ2) is 6.52. The molecule has 0 saturated carbocycles. The number of amides is 4. The zero-order valence-electron chi connectivity index (χ0n) is 16.6. The molecule has 0 atom stereocenters. The molecule has 32 heavy (non-hydrogen) atoms. The lowest BCUT2D eigenvalue weighted by Gasteiger charge is -2.33. The van der Waals surface area contributed by atoms with E-state index < -0.39 is 23.6 Å². The fraction of sp³-hybridized carbons (Fsp3) is 0.0833. The number of hydrogen-bond acceptors (Lipinski definition) is 6. The Morgan fingerprint density at radius 1 is 0.531 bits per heavy atom. The third-order valence-corrected chi connectivity index (χ3v) is 6.07. The highest BCUT2D eigenvalue weighted by atomic mass is 16.2. The fourth-order valence-electron chi connectivity index (χ4n) is 4.66. The molecule has 2 aromatic heterocycles. The largest absolute Gasteiger partial charge is 0.269 e. The third-order valence-electron chi connectivity index (χ3n) is 6.07.